The average Bonchev–Trinajstić information content (AvgIpc) is 3.15. The molecular weight excluding hydrogens is 593 g/mol. The summed E-state index contributed by atoms with van der Waals surface area (Å²) in [5, 5.41) is 1.13. The standard InChI is InChI=1S/C47H40N2/c1-32(36-13-8-6-9-14-36)19-21-37-23-24-38(35(4)34(37)3)22-20-33(2)42-17-12-18-43(31-42)44-29-27-40-25-26-41-28-30-45(39-15-10-7-11-16-39)49(5)47(41)46(40)48-44/h6-31,45H,1-2H2,3-5H3/b21-19-,22-20-. The van der Waals surface area contributed by atoms with Crippen LogP contribution >= 0.6 is 0 Å². The molecule has 1 aromatic heterocycles. The number of aromatic nitrogens is 1. The van der Waals surface area contributed by atoms with E-state index >= 15 is 0 Å². The first-order chi connectivity index (χ1) is 23.9. The average molecular weight is 633 g/mol. The quantitative estimate of drug-likeness (QED) is 0.155. The Bertz CT molecular complexity index is 2290. The maximum absolute atomic E-state index is 5.27. The SMILES string of the molecule is C=C(/C=C\c1ccc(/C=C\C(=C)c2cccc(-c3ccc4ccc5c(c4n3)N(C)C(c3ccccc3)C=C5)c2)c(C)c1C)c1ccccc1. The molecular formula is C47H40N2. The molecule has 1 atom stereocenters. The molecule has 0 amide bonds. The van der Waals surface area contributed by atoms with Crippen LogP contribution in [0.1, 0.15) is 50.5 Å². The lowest BCUT2D eigenvalue weighted by Crippen LogP contribution is -2.25. The van der Waals surface area contributed by atoms with E-state index in [4.69, 9.17) is 4.98 Å². The summed E-state index contributed by atoms with van der Waals surface area (Å²) >= 11 is 0. The Labute approximate surface area is 290 Å². The molecule has 0 aliphatic carbocycles. The lowest BCUT2D eigenvalue weighted by atomic mass is 9.95. The van der Waals surface area contributed by atoms with Gasteiger partial charge in [0.15, 0.2) is 0 Å². The van der Waals surface area contributed by atoms with Crippen molar-refractivity contribution in [1.29, 1.82) is 0 Å². The van der Waals surface area contributed by atoms with E-state index in [1.807, 2.05) is 18.2 Å². The van der Waals surface area contributed by atoms with Crippen LogP contribution in [0.3, 0.4) is 0 Å². The highest BCUT2D eigenvalue weighted by Crippen LogP contribution is 2.40. The van der Waals surface area contributed by atoms with E-state index in [0.29, 0.717) is 0 Å². The number of fused-ring (bicyclic) bond motifs is 3. The van der Waals surface area contributed by atoms with Crippen LogP contribution < -0.4 is 4.90 Å². The number of anilines is 1. The maximum atomic E-state index is 5.27. The molecule has 2 heteroatoms. The Kier molecular flexibility index (Phi) is 8.79. The van der Waals surface area contributed by atoms with Gasteiger partial charge in [0.2, 0.25) is 0 Å². The second-order valence-electron chi connectivity index (χ2n) is 12.8. The van der Waals surface area contributed by atoms with Crippen LogP contribution in [0.25, 0.3) is 51.5 Å². The number of nitrogens with zero attached hydrogens (tertiary/aromatic N) is 2. The molecule has 1 aliphatic heterocycles. The Balaban J connectivity index is 1.12. The maximum Gasteiger partial charge on any atom is 0.0949 e. The lowest BCUT2D eigenvalue weighted by Gasteiger charge is -2.33. The number of pyridine rings is 1. The molecule has 1 unspecified atom stereocenters. The monoisotopic (exact) mass is 632 g/mol. The highest BCUT2D eigenvalue weighted by molar-refractivity contribution is 5.98. The number of allylic oxidation sites excluding steroid dienone is 4. The molecule has 238 valence electrons. The van der Waals surface area contributed by atoms with Crippen molar-refractivity contribution in [2.45, 2.75) is 19.9 Å². The van der Waals surface area contributed by atoms with Gasteiger partial charge in [-0.25, -0.2) is 4.98 Å². The molecule has 1 aliphatic rings. The van der Waals surface area contributed by atoms with Crippen LogP contribution in [0.15, 0.2) is 153 Å². The van der Waals surface area contributed by atoms with Crippen molar-refractivity contribution in [3.63, 3.8) is 0 Å². The first kappa shape index (κ1) is 31.6. The van der Waals surface area contributed by atoms with Gasteiger partial charge in [-0.3, -0.25) is 0 Å². The van der Waals surface area contributed by atoms with Gasteiger partial charge in [-0.15, -0.1) is 0 Å². The van der Waals surface area contributed by atoms with Gasteiger partial charge >= 0.3 is 0 Å². The Morgan fingerprint density at radius 2 is 1.29 bits per heavy atom. The molecule has 0 saturated heterocycles. The zero-order valence-corrected chi connectivity index (χ0v) is 28.4. The van der Waals surface area contributed by atoms with Crippen molar-refractivity contribution >= 4 is 46.0 Å². The number of rotatable bonds is 8. The fourth-order valence-corrected chi connectivity index (χ4v) is 6.63. The third-order valence-electron chi connectivity index (χ3n) is 9.71. The molecule has 0 bridgehead atoms. The lowest BCUT2D eigenvalue weighted by molar-refractivity contribution is 0.807. The molecule has 7 rings (SSSR count). The second-order valence-corrected chi connectivity index (χ2v) is 12.8. The summed E-state index contributed by atoms with van der Waals surface area (Å²) in [6.07, 6.45) is 13.0. The van der Waals surface area contributed by atoms with Crippen LogP contribution in [-0.4, -0.2) is 12.0 Å². The summed E-state index contributed by atoms with van der Waals surface area (Å²) in [4.78, 5) is 7.62. The largest absolute Gasteiger partial charge is 0.362 e. The van der Waals surface area contributed by atoms with Gasteiger partial charge in [0.1, 0.15) is 0 Å². The fourth-order valence-electron chi connectivity index (χ4n) is 6.63. The van der Waals surface area contributed by atoms with Crippen molar-refractivity contribution in [3.05, 3.63) is 197 Å². The van der Waals surface area contributed by atoms with Crippen molar-refractivity contribution in [1.82, 2.24) is 4.98 Å². The zero-order chi connectivity index (χ0) is 33.9. The van der Waals surface area contributed by atoms with Gasteiger partial charge in [-0.2, -0.15) is 0 Å². The Morgan fingerprint density at radius 1 is 0.673 bits per heavy atom. The van der Waals surface area contributed by atoms with Gasteiger partial charge in [0.05, 0.1) is 22.9 Å². The van der Waals surface area contributed by atoms with Gasteiger partial charge in [0.25, 0.3) is 0 Å². The molecule has 0 fully saturated rings. The summed E-state index contributed by atoms with van der Waals surface area (Å²) in [7, 11) is 2.17. The fraction of sp³-hybridized carbons (Fsp3) is 0.0851. The van der Waals surface area contributed by atoms with E-state index in [-0.39, 0.29) is 6.04 Å². The van der Waals surface area contributed by atoms with Crippen molar-refractivity contribution in [2.75, 3.05) is 11.9 Å². The van der Waals surface area contributed by atoms with E-state index < -0.39 is 0 Å². The van der Waals surface area contributed by atoms with E-state index in [9.17, 15) is 0 Å². The third-order valence-corrected chi connectivity index (χ3v) is 9.71. The number of hydrogen-bond acceptors (Lipinski definition) is 2. The normalized spacial score (nSPS) is 14.1. The molecule has 0 N–H and O–H groups in total. The summed E-state index contributed by atoms with van der Waals surface area (Å²) in [6.45, 7) is 13.0. The molecule has 49 heavy (non-hydrogen) atoms. The molecule has 0 saturated carbocycles. The van der Waals surface area contributed by atoms with E-state index in [2.05, 4.69) is 179 Å². The van der Waals surface area contributed by atoms with Gasteiger partial charge in [0, 0.05) is 18.0 Å². The summed E-state index contributed by atoms with van der Waals surface area (Å²) in [5.41, 5.74) is 15.7. The van der Waals surface area contributed by atoms with Crippen LogP contribution in [0, 0.1) is 13.8 Å². The molecule has 2 heterocycles. The second kappa shape index (κ2) is 13.6. The number of hydrogen-bond donors (Lipinski definition) is 0. The molecule has 0 spiro atoms. The van der Waals surface area contributed by atoms with E-state index in [0.717, 1.165) is 50.1 Å². The summed E-state index contributed by atoms with van der Waals surface area (Å²) < 4.78 is 0. The van der Waals surface area contributed by atoms with Crippen molar-refractivity contribution in [3.8, 4) is 11.3 Å². The summed E-state index contributed by atoms with van der Waals surface area (Å²) in [5.74, 6) is 0. The molecule has 6 aromatic rings. The van der Waals surface area contributed by atoms with E-state index in [1.54, 1.807) is 0 Å². The smallest absolute Gasteiger partial charge is 0.0949 e. The van der Waals surface area contributed by atoms with Crippen molar-refractivity contribution in [2.24, 2.45) is 0 Å². The van der Waals surface area contributed by atoms with Gasteiger partial charge in [-0.05, 0) is 81.6 Å². The topological polar surface area (TPSA) is 16.1 Å². The molecule has 0 radical (unpaired) electrons. The Hall–Kier alpha value is -5.99. The predicted molar refractivity (Wildman–Crippen MR) is 212 cm³/mol. The Morgan fingerprint density at radius 3 is 1.98 bits per heavy atom. The minimum Gasteiger partial charge on any atom is -0.362 e. The van der Waals surface area contributed by atoms with Crippen LogP contribution in [-0.2, 0) is 0 Å². The van der Waals surface area contributed by atoms with Crippen molar-refractivity contribution < 1.29 is 0 Å². The predicted octanol–water partition coefficient (Wildman–Crippen LogP) is 12.2. The third kappa shape index (κ3) is 6.46. The highest BCUT2D eigenvalue weighted by Gasteiger charge is 2.23. The number of likely N-dealkylation sites (N-methyl/N-ethyl adjacent to an activating group) is 1. The first-order valence-electron chi connectivity index (χ1n) is 16.8. The molecule has 2 nitrogen and oxygen atoms in total. The van der Waals surface area contributed by atoms with Gasteiger partial charge in [-0.1, -0.05) is 159 Å². The van der Waals surface area contributed by atoms with Crippen LogP contribution in [0.4, 0.5) is 5.69 Å². The van der Waals surface area contributed by atoms with Gasteiger partial charge < -0.3 is 4.90 Å². The minimum absolute atomic E-state index is 0.155. The first-order valence-corrected chi connectivity index (χ1v) is 16.8. The minimum atomic E-state index is 0.155. The molecule has 5 aromatic carbocycles. The number of benzene rings is 5. The van der Waals surface area contributed by atoms with Crippen LogP contribution in [0.2, 0.25) is 0 Å². The highest BCUT2D eigenvalue weighted by atomic mass is 15.1. The zero-order valence-electron chi connectivity index (χ0n) is 28.4. The summed E-state index contributed by atoms with van der Waals surface area (Å²) in [6, 6.07) is 42.7. The van der Waals surface area contributed by atoms with E-state index in [1.165, 1.54) is 33.4 Å². The van der Waals surface area contributed by atoms with Crippen LogP contribution in [0.5, 0.6) is 0 Å².